The molecule has 0 aliphatic carbocycles. The molecule has 0 radical (unpaired) electrons. The number of rotatable bonds is 5. The molecule has 4 heterocycles. The molecule has 5 rings (SSSR count). The predicted molar refractivity (Wildman–Crippen MR) is 125 cm³/mol. The molecule has 0 unspecified atom stereocenters. The van der Waals surface area contributed by atoms with Crippen LogP contribution in [-0.4, -0.2) is 55.7 Å². The first-order valence-electron chi connectivity index (χ1n) is 10.6. The molecule has 1 N–H and O–H groups in total. The number of benzene rings is 1. The molecule has 1 saturated heterocycles. The Kier molecular flexibility index (Phi) is 6.01. The second kappa shape index (κ2) is 9.11. The number of hydrogen-bond donors (Lipinski definition) is 1. The number of H-pyrrole nitrogens is 1. The Morgan fingerprint density at radius 1 is 1.26 bits per heavy atom. The number of piperidine rings is 1. The molecule has 1 aliphatic rings. The van der Waals surface area contributed by atoms with Gasteiger partial charge in [-0.25, -0.2) is 9.78 Å². The van der Waals surface area contributed by atoms with Crippen LogP contribution >= 0.6 is 23.2 Å². The van der Waals surface area contributed by atoms with Gasteiger partial charge in [-0.05, 0) is 37.1 Å². The Hall–Kier alpha value is -3.37. The van der Waals surface area contributed by atoms with Crippen molar-refractivity contribution in [2.45, 2.75) is 25.3 Å². The van der Waals surface area contributed by atoms with Gasteiger partial charge in [0.2, 0.25) is 11.8 Å². The SMILES string of the molecule is COc1c(Cl)cc(Cl)cc1-c1nnc(CC(=O)N2CCC(n3c(=O)[nH]c4ncccc43)CC2)o1. The van der Waals surface area contributed by atoms with E-state index in [9.17, 15) is 9.59 Å². The minimum absolute atomic E-state index is 0.00968. The fourth-order valence-corrected chi connectivity index (χ4v) is 4.87. The lowest BCUT2D eigenvalue weighted by molar-refractivity contribution is -0.132. The number of amides is 1. The van der Waals surface area contributed by atoms with Crippen molar-refractivity contribution >= 4 is 40.3 Å². The molecular formula is C22H20Cl2N6O4. The lowest BCUT2D eigenvalue weighted by Gasteiger charge is -2.32. The molecule has 0 spiro atoms. The first kappa shape index (κ1) is 22.4. The quantitative estimate of drug-likeness (QED) is 0.443. The molecular weight excluding hydrogens is 483 g/mol. The number of nitrogens with zero attached hydrogens (tertiary/aromatic N) is 5. The van der Waals surface area contributed by atoms with Gasteiger partial charge in [-0.1, -0.05) is 23.2 Å². The summed E-state index contributed by atoms with van der Waals surface area (Å²) in [5.74, 6) is 0.573. The highest BCUT2D eigenvalue weighted by Gasteiger charge is 2.27. The van der Waals surface area contributed by atoms with Gasteiger partial charge in [0.25, 0.3) is 5.89 Å². The van der Waals surface area contributed by atoms with Crippen LogP contribution in [-0.2, 0) is 11.2 Å². The van der Waals surface area contributed by atoms with Gasteiger partial charge in [0.1, 0.15) is 12.2 Å². The van der Waals surface area contributed by atoms with Gasteiger partial charge < -0.3 is 14.1 Å². The summed E-state index contributed by atoms with van der Waals surface area (Å²) in [4.78, 5) is 34.0. The summed E-state index contributed by atoms with van der Waals surface area (Å²) in [5.41, 5.74) is 1.60. The van der Waals surface area contributed by atoms with E-state index in [0.29, 0.717) is 52.9 Å². The maximum absolute atomic E-state index is 12.9. The molecule has 4 aromatic rings. The van der Waals surface area contributed by atoms with E-state index >= 15 is 0 Å². The van der Waals surface area contributed by atoms with Gasteiger partial charge in [-0.15, -0.1) is 10.2 Å². The van der Waals surface area contributed by atoms with Crippen LogP contribution in [0.15, 0.2) is 39.7 Å². The maximum Gasteiger partial charge on any atom is 0.327 e. The Balaban J connectivity index is 1.26. The summed E-state index contributed by atoms with van der Waals surface area (Å²) in [6.07, 6.45) is 2.91. The molecule has 3 aromatic heterocycles. The number of hydrogen-bond acceptors (Lipinski definition) is 7. The normalized spacial score (nSPS) is 14.6. The number of likely N-dealkylation sites (tertiary alicyclic amines) is 1. The largest absolute Gasteiger partial charge is 0.494 e. The molecule has 0 bridgehead atoms. The van der Waals surface area contributed by atoms with Gasteiger partial charge in [-0.2, -0.15) is 0 Å². The highest BCUT2D eigenvalue weighted by molar-refractivity contribution is 6.36. The topological polar surface area (TPSA) is 119 Å². The van der Waals surface area contributed by atoms with Crippen LogP contribution in [0.4, 0.5) is 0 Å². The van der Waals surface area contributed by atoms with Gasteiger partial charge in [0.05, 0.1) is 23.2 Å². The molecule has 0 saturated carbocycles. The number of imidazole rings is 1. The number of pyridine rings is 1. The Bertz CT molecular complexity index is 1420. The van der Waals surface area contributed by atoms with E-state index < -0.39 is 0 Å². The second-order valence-electron chi connectivity index (χ2n) is 7.93. The molecule has 1 amide bonds. The van der Waals surface area contributed by atoms with Crippen LogP contribution < -0.4 is 10.4 Å². The molecule has 10 nitrogen and oxygen atoms in total. The smallest absolute Gasteiger partial charge is 0.327 e. The van der Waals surface area contributed by atoms with E-state index in [4.69, 9.17) is 32.4 Å². The maximum atomic E-state index is 12.9. The van der Waals surface area contributed by atoms with Crippen LogP contribution in [0.1, 0.15) is 24.8 Å². The van der Waals surface area contributed by atoms with Crippen molar-refractivity contribution in [3.63, 3.8) is 0 Å². The van der Waals surface area contributed by atoms with E-state index in [1.54, 1.807) is 33.9 Å². The average molecular weight is 503 g/mol. The fraction of sp³-hybridized carbons (Fsp3) is 0.318. The summed E-state index contributed by atoms with van der Waals surface area (Å²) in [7, 11) is 1.48. The Labute approximate surface area is 203 Å². The third kappa shape index (κ3) is 4.14. The van der Waals surface area contributed by atoms with Crippen molar-refractivity contribution < 1.29 is 13.9 Å². The minimum Gasteiger partial charge on any atom is -0.494 e. The molecule has 176 valence electrons. The summed E-state index contributed by atoms with van der Waals surface area (Å²) in [6, 6.07) is 6.82. The van der Waals surface area contributed by atoms with Crippen LogP contribution in [0.2, 0.25) is 10.0 Å². The molecule has 12 heteroatoms. The number of nitrogens with one attached hydrogen (secondary N) is 1. The fourth-order valence-electron chi connectivity index (χ4n) is 4.30. The van der Waals surface area contributed by atoms with Crippen molar-refractivity contribution in [3.05, 3.63) is 56.9 Å². The van der Waals surface area contributed by atoms with Crippen LogP contribution in [0, 0.1) is 0 Å². The van der Waals surface area contributed by atoms with Crippen molar-refractivity contribution in [2.75, 3.05) is 20.2 Å². The van der Waals surface area contributed by atoms with E-state index in [1.807, 2.05) is 6.07 Å². The highest BCUT2D eigenvalue weighted by atomic mass is 35.5. The first-order valence-corrected chi connectivity index (χ1v) is 11.4. The van der Waals surface area contributed by atoms with Crippen LogP contribution in [0.25, 0.3) is 22.6 Å². The summed E-state index contributed by atoms with van der Waals surface area (Å²) < 4.78 is 12.8. The van der Waals surface area contributed by atoms with E-state index in [-0.39, 0.29) is 35.8 Å². The lowest BCUT2D eigenvalue weighted by Crippen LogP contribution is -2.41. The summed E-state index contributed by atoms with van der Waals surface area (Å²) >= 11 is 12.3. The highest BCUT2D eigenvalue weighted by Crippen LogP contribution is 2.38. The summed E-state index contributed by atoms with van der Waals surface area (Å²) in [5, 5.41) is 8.74. The van der Waals surface area contributed by atoms with E-state index in [1.165, 1.54) is 7.11 Å². The van der Waals surface area contributed by atoms with Crippen molar-refractivity contribution in [1.82, 2.24) is 29.6 Å². The monoisotopic (exact) mass is 502 g/mol. The molecule has 0 atom stereocenters. The number of ether oxygens (including phenoxy) is 1. The third-order valence-electron chi connectivity index (χ3n) is 5.88. The van der Waals surface area contributed by atoms with Crippen LogP contribution in [0.5, 0.6) is 5.75 Å². The first-order chi connectivity index (χ1) is 16.4. The van der Waals surface area contributed by atoms with Gasteiger partial charge >= 0.3 is 5.69 Å². The zero-order chi connectivity index (χ0) is 23.8. The third-order valence-corrected chi connectivity index (χ3v) is 6.38. The number of carbonyl (C=O) groups excluding carboxylic acids is 1. The zero-order valence-corrected chi connectivity index (χ0v) is 19.6. The van der Waals surface area contributed by atoms with E-state index in [2.05, 4.69) is 20.2 Å². The van der Waals surface area contributed by atoms with Crippen molar-refractivity contribution in [3.8, 4) is 17.2 Å². The zero-order valence-electron chi connectivity index (χ0n) is 18.1. The van der Waals surface area contributed by atoms with E-state index in [0.717, 1.165) is 5.52 Å². The minimum atomic E-state index is -0.187. The molecule has 1 aromatic carbocycles. The van der Waals surface area contributed by atoms with Crippen molar-refractivity contribution in [1.29, 1.82) is 0 Å². The van der Waals surface area contributed by atoms with Gasteiger partial charge in [0.15, 0.2) is 5.65 Å². The summed E-state index contributed by atoms with van der Waals surface area (Å²) in [6.45, 7) is 1.03. The molecule has 1 fully saturated rings. The second-order valence-corrected chi connectivity index (χ2v) is 8.77. The molecule has 34 heavy (non-hydrogen) atoms. The van der Waals surface area contributed by atoms with Gasteiger partial charge in [0, 0.05) is 30.4 Å². The Morgan fingerprint density at radius 2 is 2.06 bits per heavy atom. The number of carbonyl (C=O) groups is 1. The number of fused-ring (bicyclic) bond motifs is 1. The van der Waals surface area contributed by atoms with Gasteiger partial charge in [-0.3, -0.25) is 14.3 Å². The Morgan fingerprint density at radius 3 is 2.82 bits per heavy atom. The van der Waals surface area contributed by atoms with Crippen molar-refractivity contribution in [2.24, 2.45) is 0 Å². The van der Waals surface area contributed by atoms with Crippen LogP contribution in [0.3, 0.4) is 0 Å². The number of halogens is 2. The number of aromatic nitrogens is 5. The molecule has 1 aliphatic heterocycles. The standard InChI is InChI=1S/C22H20Cl2N6O4/c1-33-19-14(9-12(23)10-15(19)24)21-28-27-17(34-21)11-18(31)29-7-4-13(5-8-29)30-16-3-2-6-25-20(16)26-22(30)32/h2-3,6,9-10,13H,4-5,7-8,11H2,1H3,(H,25,26,32). The predicted octanol–water partition coefficient (Wildman–Crippen LogP) is 3.50. The number of methoxy groups -OCH3 is 1. The number of aromatic amines is 1. The average Bonchev–Trinajstić information content (AvgIpc) is 3.42. The lowest BCUT2D eigenvalue weighted by atomic mass is 10.0.